The number of carbonyl (C=O) groups is 1. The van der Waals surface area contributed by atoms with E-state index in [1.54, 1.807) is 0 Å². The molecule has 4 aromatic rings. The van der Waals surface area contributed by atoms with Crippen molar-refractivity contribution in [2.24, 2.45) is 0 Å². The smallest absolute Gasteiger partial charge is 0.167 e. The summed E-state index contributed by atoms with van der Waals surface area (Å²) in [5.41, 5.74) is 1.86. The monoisotopic (exact) mass is 296 g/mol. The van der Waals surface area contributed by atoms with Gasteiger partial charge >= 0.3 is 0 Å². The van der Waals surface area contributed by atoms with E-state index in [1.165, 1.54) is 10.8 Å². The van der Waals surface area contributed by atoms with Crippen LogP contribution in [0.15, 0.2) is 84.9 Å². The SMILES string of the molecule is O=C(Cc1ccc2ccccc2c1)c1cccc2ccccc12. The van der Waals surface area contributed by atoms with Crippen molar-refractivity contribution < 1.29 is 4.79 Å². The molecule has 0 bridgehead atoms. The van der Waals surface area contributed by atoms with Crippen LogP contribution in [0.25, 0.3) is 21.5 Å². The Bertz CT molecular complexity index is 1010. The molecular weight excluding hydrogens is 280 g/mol. The van der Waals surface area contributed by atoms with Crippen LogP contribution in [0.2, 0.25) is 0 Å². The van der Waals surface area contributed by atoms with Crippen molar-refractivity contribution >= 4 is 27.3 Å². The van der Waals surface area contributed by atoms with E-state index in [2.05, 4.69) is 24.3 Å². The van der Waals surface area contributed by atoms with Gasteiger partial charge in [-0.3, -0.25) is 4.79 Å². The fourth-order valence-electron chi connectivity index (χ4n) is 3.10. The highest BCUT2D eigenvalue weighted by Gasteiger charge is 2.10. The van der Waals surface area contributed by atoms with Gasteiger partial charge in [-0.25, -0.2) is 0 Å². The Labute approximate surface area is 135 Å². The quantitative estimate of drug-likeness (QED) is 0.461. The van der Waals surface area contributed by atoms with Crippen LogP contribution in [0, 0.1) is 0 Å². The minimum Gasteiger partial charge on any atom is -0.294 e. The maximum atomic E-state index is 12.8. The van der Waals surface area contributed by atoms with E-state index in [9.17, 15) is 4.79 Å². The summed E-state index contributed by atoms with van der Waals surface area (Å²) in [4.78, 5) is 12.8. The normalized spacial score (nSPS) is 11.0. The molecule has 0 radical (unpaired) electrons. The van der Waals surface area contributed by atoms with Crippen molar-refractivity contribution in [3.05, 3.63) is 96.1 Å². The highest BCUT2D eigenvalue weighted by molar-refractivity contribution is 6.09. The van der Waals surface area contributed by atoms with Gasteiger partial charge in [0.15, 0.2) is 5.78 Å². The second-order valence-corrected chi connectivity index (χ2v) is 5.81. The van der Waals surface area contributed by atoms with E-state index in [1.807, 2.05) is 60.7 Å². The number of ketones is 1. The van der Waals surface area contributed by atoms with E-state index in [0.29, 0.717) is 6.42 Å². The van der Waals surface area contributed by atoms with Crippen molar-refractivity contribution in [1.82, 2.24) is 0 Å². The molecule has 4 aromatic carbocycles. The highest BCUT2D eigenvalue weighted by Crippen LogP contribution is 2.21. The number of hydrogen-bond acceptors (Lipinski definition) is 1. The maximum Gasteiger partial charge on any atom is 0.167 e. The van der Waals surface area contributed by atoms with Gasteiger partial charge in [0.25, 0.3) is 0 Å². The third kappa shape index (κ3) is 2.62. The van der Waals surface area contributed by atoms with E-state index < -0.39 is 0 Å². The van der Waals surface area contributed by atoms with Crippen LogP contribution in [0.5, 0.6) is 0 Å². The van der Waals surface area contributed by atoms with E-state index in [-0.39, 0.29) is 5.78 Å². The molecular formula is C22H16O. The average molecular weight is 296 g/mol. The minimum absolute atomic E-state index is 0.164. The number of hydrogen-bond donors (Lipinski definition) is 0. The summed E-state index contributed by atoms with van der Waals surface area (Å²) >= 11 is 0. The molecule has 1 heteroatoms. The van der Waals surface area contributed by atoms with Gasteiger partial charge in [0.1, 0.15) is 0 Å². The molecule has 0 aromatic heterocycles. The van der Waals surface area contributed by atoms with Crippen molar-refractivity contribution in [1.29, 1.82) is 0 Å². The molecule has 0 unspecified atom stereocenters. The maximum absolute atomic E-state index is 12.8. The Morgan fingerprint density at radius 1 is 0.652 bits per heavy atom. The Kier molecular flexibility index (Phi) is 3.39. The van der Waals surface area contributed by atoms with Gasteiger partial charge in [0.2, 0.25) is 0 Å². The van der Waals surface area contributed by atoms with E-state index in [0.717, 1.165) is 21.9 Å². The third-order valence-corrected chi connectivity index (χ3v) is 4.27. The van der Waals surface area contributed by atoms with Crippen LogP contribution >= 0.6 is 0 Å². The summed E-state index contributed by atoms with van der Waals surface area (Å²) in [6.45, 7) is 0. The summed E-state index contributed by atoms with van der Waals surface area (Å²) in [7, 11) is 0. The predicted octanol–water partition coefficient (Wildman–Crippen LogP) is 5.42. The first-order valence-corrected chi connectivity index (χ1v) is 7.80. The summed E-state index contributed by atoms with van der Waals surface area (Å²) in [6, 6.07) is 28.4. The lowest BCUT2D eigenvalue weighted by atomic mass is 9.96. The molecule has 0 atom stereocenters. The van der Waals surface area contributed by atoms with Gasteiger partial charge in [-0.2, -0.15) is 0 Å². The molecule has 0 heterocycles. The average Bonchev–Trinajstić information content (AvgIpc) is 2.61. The molecule has 0 amide bonds. The van der Waals surface area contributed by atoms with Crippen LogP contribution in [0.1, 0.15) is 15.9 Å². The summed E-state index contributed by atoms with van der Waals surface area (Å²) in [5, 5.41) is 4.52. The molecule has 0 saturated heterocycles. The van der Waals surface area contributed by atoms with Crippen molar-refractivity contribution in [2.75, 3.05) is 0 Å². The molecule has 0 spiro atoms. The van der Waals surface area contributed by atoms with Gasteiger partial charge in [-0.15, -0.1) is 0 Å². The minimum atomic E-state index is 0.164. The van der Waals surface area contributed by atoms with E-state index in [4.69, 9.17) is 0 Å². The van der Waals surface area contributed by atoms with E-state index >= 15 is 0 Å². The van der Waals surface area contributed by atoms with Gasteiger partial charge in [-0.1, -0.05) is 84.9 Å². The van der Waals surface area contributed by atoms with Gasteiger partial charge in [0.05, 0.1) is 0 Å². The standard InChI is InChI=1S/C22H16O/c23-22(21-11-5-9-18-7-3-4-10-20(18)21)15-16-12-13-17-6-1-2-8-19(17)14-16/h1-14H,15H2. The van der Waals surface area contributed by atoms with Crippen LogP contribution in [-0.4, -0.2) is 5.78 Å². The Balaban J connectivity index is 1.70. The zero-order chi connectivity index (χ0) is 15.6. The Morgan fingerprint density at radius 2 is 1.35 bits per heavy atom. The first-order valence-electron chi connectivity index (χ1n) is 7.80. The Hall–Kier alpha value is -2.93. The van der Waals surface area contributed by atoms with Crippen molar-refractivity contribution in [2.45, 2.75) is 6.42 Å². The van der Waals surface area contributed by atoms with Crippen LogP contribution in [-0.2, 0) is 6.42 Å². The predicted molar refractivity (Wildman–Crippen MR) is 95.9 cm³/mol. The molecule has 0 N–H and O–H groups in total. The molecule has 23 heavy (non-hydrogen) atoms. The number of fused-ring (bicyclic) bond motifs is 2. The number of rotatable bonds is 3. The largest absolute Gasteiger partial charge is 0.294 e. The molecule has 0 fully saturated rings. The van der Waals surface area contributed by atoms with Crippen LogP contribution in [0.3, 0.4) is 0 Å². The summed E-state index contributed by atoms with van der Waals surface area (Å²) < 4.78 is 0. The molecule has 4 rings (SSSR count). The van der Waals surface area contributed by atoms with Gasteiger partial charge in [-0.05, 0) is 27.1 Å². The first kappa shape index (κ1) is 13.7. The lowest BCUT2D eigenvalue weighted by Crippen LogP contribution is -2.04. The van der Waals surface area contributed by atoms with Gasteiger partial charge in [0, 0.05) is 12.0 Å². The summed E-state index contributed by atoms with van der Waals surface area (Å²) in [6.07, 6.45) is 0.429. The third-order valence-electron chi connectivity index (χ3n) is 4.27. The van der Waals surface area contributed by atoms with Crippen LogP contribution in [0.4, 0.5) is 0 Å². The first-order chi connectivity index (χ1) is 11.3. The van der Waals surface area contributed by atoms with Crippen molar-refractivity contribution in [3.63, 3.8) is 0 Å². The molecule has 0 saturated carbocycles. The second-order valence-electron chi connectivity index (χ2n) is 5.81. The summed E-state index contributed by atoms with van der Waals surface area (Å²) in [5.74, 6) is 0.164. The fourth-order valence-corrected chi connectivity index (χ4v) is 3.10. The van der Waals surface area contributed by atoms with Gasteiger partial charge < -0.3 is 0 Å². The molecule has 0 aliphatic carbocycles. The lowest BCUT2D eigenvalue weighted by molar-refractivity contribution is 0.0994. The lowest BCUT2D eigenvalue weighted by Gasteiger charge is -2.07. The van der Waals surface area contributed by atoms with Crippen LogP contribution < -0.4 is 0 Å². The Morgan fingerprint density at radius 3 is 2.22 bits per heavy atom. The fraction of sp³-hybridized carbons (Fsp3) is 0.0455. The highest BCUT2D eigenvalue weighted by atomic mass is 16.1. The molecule has 110 valence electrons. The molecule has 0 aliphatic rings. The zero-order valence-corrected chi connectivity index (χ0v) is 12.7. The second kappa shape index (κ2) is 5.69. The number of Topliss-reactive ketones (excluding diaryl/α,β-unsaturated/α-hetero) is 1. The topological polar surface area (TPSA) is 17.1 Å². The number of benzene rings is 4. The van der Waals surface area contributed by atoms with Crippen molar-refractivity contribution in [3.8, 4) is 0 Å². The molecule has 1 nitrogen and oxygen atoms in total. The number of carbonyl (C=O) groups excluding carboxylic acids is 1. The molecule has 0 aliphatic heterocycles. The zero-order valence-electron chi connectivity index (χ0n) is 12.7.